The van der Waals surface area contributed by atoms with E-state index in [9.17, 15) is 9.18 Å². The molecule has 0 unspecified atom stereocenters. The fourth-order valence-electron chi connectivity index (χ4n) is 5.44. The molecular formula is C31H31FN2O. The van der Waals surface area contributed by atoms with Gasteiger partial charge in [0.25, 0.3) is 0 Å². The number of pyridine rings is 1. The van der Waals surface area contributed by atoms with Crippen LogP contribution < -0.4 is 5.32 Å². The lowest BCUT2D eigenvalue weighted by Crippen LogP contribution is -2.34. The number of amides is 1. The number of nitrogens with zero attached hydrogens (tertiary/aromatic N) is 1. The Morgan fingerprint density at radius 2 is 1.66 bits per heavy atom. The molecule has 0 radical (unpaired) electrons. The maximum atomic E-state index is 13.9. The maximum Gasteiger partial charge on any atom is 0.223 e. The number of halogens is 1. The molecule has 4 heteroatoms. The Kier molecular flexibility index (Phi) is 6.89. The fourth-order valence-corrected chi connectivity index (χ4v) is 5.44. The Bertz CT molecular complexity index is 1290. The summed E-state index contributed by atoms with van der Waals surface area (Å²) in [5, 5.41) is 4.06. The molecule has 1 fully saturated rings. The van der Waals surface area contributed by atoms with Crippen LogP contribution in [0.3, 0.4) is 0 Å². The van der Waals surface area contributed by atoms with Crippen LogP contribution in [-0.2, 0) is 11.3 Å². The number of aromatic nitrogens is 1. The van der Waals surface area contributed by atoms with Crippen LogP contribution >= 0.6 is 0 Å². The summed E-state index contributed by atoms with van der Waals surface area (Å²) in [4.78, 5) is 17.3. The van der Waals surface area contributed by atoms with Crippen molar-refractivity contribution in [3.05, 3.63) is 102 Å². The van der Waals surface area contributed by atoms with Gasteiger partial charge in [-0.25, -0.2) is 4.39 Å². The van der Waals surface area contributed by atoms with Crippen LogP contribution in [0.15, 0.2) is 85.1 Å². The smallest absolute Gasteiger partial charge is 0.223 e. The van der Waals surface area contributed by atoms with Gasteiger partial charge < -0.3 is 5.32 Å². The lowest BCUT2D eigenvalue weighted by molar-refractivity contribution is -0.126. The van der Waals surface area contributed by atoms with E-state index in [1.54, 1.807) is 12.1 Å². The molecule has 1 aliphatic carbocycles. The van der Waals surface area contributed by atoms with Crippen LogP contribution in [0.4, 0.5) is 4.39 Å². The first-order valence-electron chi connectivity index (χ1n) is 12.5. The first-order valence-corrected chi connectivity index (χ1v) is 12.5. The van der Waals surface area contributed by atoms with Crippen LogP contribution in [0.2, 0.25) is 0 Å². The molecule has 1 amide bonds. The summed E-state index contributed by atoms with van der Waals surface area (Å²) in [6.45, 7) is 2.60. The van der Waals surface area contributed by atoms with Gasteiger partial charge in [-0.2, -0.15) is 0 Å². The number of hydrogen-bond donors (Lipinski definition) is 1. The normalized spacial score (nSPS) is 18.8. The highest BCUT2D eigenvalue weighted by Gasteiger charge is 2.30. The molecule has 1 heterocycles. The molecule has 1 aromatic heterocycles. The average molecular weight is 467 g/mol. The fraction of sp³-hybridized carbons (Fsp3) is 0.290. The van der Waals surface area contributed by atoms with Crippen molar-refractivity contribution >= 4 is 16.8 Å². The van der Waals surface area contributed by atoms with E-state index >= 15 is 0 Å². The van der Waals surface area contributed by atoms with Crippen LogP contribution in [0.1, 0.15) is 49.7 Å². The van der Waals surface area contributed by atoms with E-state index in [2.05, 4.69) is 53.6 Å². The Hall–Kier alpha value is -3.53. The van der Waals surface area contributed by atoms with Crippen molar-refractivity contribution < 1.29 is 9.18 Å². The number of fused-ring (bicyclic) bond motifs is 1. The van der Waals surface area contributed by atoms with E-state index in [-0.39, 0.29) is 17.6 Å². The molecule has 3 nitrogen and oxygen atoms in total. The largest absolute Gasteiger partial charge is 0.352 e. The minimum absolute atomic E-state index is 0.0221. The molecule has 0 bridgehead atoms. The molecule has 0 spiro atoms. The van der Waals surface area contributed by atoms with Crippen molar-refractivity contribution in [2.75, 3.05) is 0 Å². The van der Waals surface area contributed by atoms with E-state index in [4.69, 9.17) is 0 Å². The highest BCUT2D eigenvalue weighted by atomic mass is 19.1. The summed E-state index contributed by atoms with van der Waals surface area (Å²) in [7, 11) is 0. The molecule has 35 heavy (non-hydrogen) atoms. The lowest BCUT2D eigenvalue weighted by atomic mass is 9.73. The van der Waals surface area contributed by atoms with Gasteiger partial charge in [-0.15, -0.1) is 0 Å². The maximum absolute atomic E-state index is 13.9. The summed E-state index contributed by atoms with van der Waals surface area (Å²) in [5.41, 5.74) is 5.50. The van der Waals surface area contributed by atoms with Crippen molar-refractivity contribution in [2.45, 2.75) is 45.1 Å². The number of benzene rings is 3. The van der Waals surface area contributed by atoms with Gasteiger partial charge in [0, 0.05) is 24.0 Å². The molecule has 1 saturated carbocycles. The minimum atomic E-state index is -0.222. The van der Waals surface area contributed by atoms with Crippen molar-refractivity contribution in [1.82, 2.24) is 10.3 Å². The molecule has 0 saturated heterocycles. The molecular weight excluding hydrogens is 435 g/mol. The number of hydrogen-bond acceptors (Lipinski definition) is 2. The number of carbonyl (C=O) groups excluding carboxylic acids is 1. The second-order valence-corrected chi connectivity index (χ2v) is 9.74. The molecule has 1 aliphatic rings. The van der Waals surface area contributed by atoms with Gasteiger partial charge >= 0.3 is 0 Å². The summed E-state index contributed by atoms with van der Waals surface area (Å²) in [6, 6.07) is 25.5. The van der Waals surface area contributed by atoms with E-state index in [0.717, 1.165) is 42.1 Å². The molecule has 5 rings (SSSR count). The Balaban J connectivity index is 1.15. The number of rotatable bonds is 6. The van der Waals surface area contributed by atoms with E-state index in [1.165, 1.54) is 22.8 Å². The zero-order valence-electron chi connectivity index (χ0n) is 20.1. The second-order valence-electron chi connectivity index (χ2n) is 9.74. The van der Waals surface area contributed by atoms with Crippen LogP contribution in [0.25, 0.3) is 22.0 Å². The number of nitrogens with one attached hydrogen (secondary N) is 1. The summed E-state index contributed by atoms with van der Waals surface area (Å²) in [6.07, 6.45) is 5.86. The van der Waals surface area contributed by atoms with Gasteiger partial charge in [-0.1, -0.05) is 61.5 Å². The van der Waals surface area contributed by atoms with Crippen molar-refractivity contribution in [2.24, 2.45) is 11.8 Å². The monoisotopic (exact) mass is 466 g/mol. The molecule has 178 valence electrons. The van der Waals surface area contributed by atoms with Crippen molar-refractivity contribution in [3.8, 4) is 11.1 Å². The Morgan fingerprint density at radius 1 is 0.943 bits per heavy atom. The molecule has 0 aliphatic heterocycles. The second kappa shape index (κ2) is 10.4. The molecule has 3 aromatic carbocycles. The molecule has 1 atom stereocenters. The third-order valence-electron chi connectivity index (χ3n) is 7.60. The highest BCUT2D eigenvalue weighted by Crippen LogP contribution is 2.40. The Morgan fingerprint density at radius 3 is 2.40 bits per heavy atom. The van der Waals surface area contributed by atoms with Crippen LogP contribution in [0.5, 0.6) is 0 Å². The summed E-state index contributed by atoms with van der Waals surface area (Å²) in [5.74, 6) is 0.636. The quantitative estimate of drug-likeness (QED) is 0.325. The van der Waals surface area contributed by atoms with Gasteiger partial charge in [0.05, 0.1) is 5.52 Å². The average Bonchev–Trinajstić information content (AvgIpc) is 2.92. The first-order chi connectivity index (χ1) is 17.1. The van der Waals surface area contributed by atoms with Gasteiger partial charge in [-0.3, -0.25) is 9.78 Å². The predicted molar refractivity (Wildman–Crippen MR) is 139 cm³/mol. The van der Waals surface area contributed by atoms with Gasteiger partial charge in [0.15, 0.2) is 0 Å². The van der Waals surface area contributed by atoms with Gasteiger partial charge in [-0.05, 0) is 84.0 Å². The predicted octanol–water partition coefficient (Wildman–Crippen LogP) is 7.27. The third-order valence-corrected chi connectivity index (χ3v) is 7.60. The lowest BCUT2D eigenvalue weighted by Gasteiger charge is -2.32. The zero-order valence-corrected chi connectivity index (χ0v) is 20.1. The standard InChI is InChI=1S/C31H31FN2O/c1-21(31(35)34-20-22-7-9-25(10-8-22)24-5-3-2-4-6-24)23-11-13-26(14-12-23)28-17-18-33-30-16-15-27(32)19-29(28)30/h2-10,15-19,21,23,26H,11-14,20H2,1H3,(H,34,35)/t21-,23-,26+/m1/s1. The van der Waals surface area contributed by atoms with Crippen LogP contribution in [-0.4, -0.2) is 10.9 Å². The minimum Gasteiger partial charge on any atom is -0.352 e. The van der Waals surface area contributed by atoms with Crippen LogP contribution in [0, 0.1) is 17.7 Å². The van der Waals surface area contributed by atoms with E-state index in [1.807, 2.05) is 30.5 Å². The zero-order chi connectivity index (χ0) is 24.2. The third kappa shape index (κ3) is 5.27. The summed E-state index contributed by atoms with van der Waals surface area (Å²) < 4.78 is 13.9. The highest BCUT2D eigenvalue weighted by molar-refractivity contribution is 5.82. The number of carbonyl (C=O) groups is 1. The molecule has 1 N–H and O–H groups in total. The topological polar surface area (TPSA) is 42.0 Å². The Labute approximate surface area is 206 Å². The van der Waals surface area contributed by atoms with Crippen molar-refractivity contribution in [1.29, 1.82) is 0 Å². The summed E-state index contributed by atoms with van der Waals surface area (Å²) >= 11 is 0. The van der Waals surface area contributed by atoms with E-state index in [0.29, 0.717) is 18.4 Å². The molecule has 4 aromatic rings. The van der Waals surface area contributed by atoms with Crippen molar-refractivity contribution in [3.63, 3.8) is 0 Å². The first kappa shape index (κ1) is 23.2. The van der Waals surface area contributed by atoms with E-state index < -0.39 is 0 Å². The van der Waals surface area contributed by atoms with Gasteiger partial charge in [0.1, 0.15) is 5.82 Å². The SMILES string of the molecule is C[C@@H](C(=O)NCc1ccc(-c2ccccc2)cc1)[C@H]1CC[C@@H](c2ccnc3ccc(F)cc32)CC1. The van der Waals surface area contributed by atoms with Gasteiger partial charge in [0.2, 0.25) is 5.91 Å².